The first-order valence-electron chi connectivity index (χ1n) is 8.93. The molecule has 3 N–H and O–H groups in total. The van der Waals surface area contributed by atoms with Crippen LogP contribution in [0, 0.1) is 0 Å². The van der Waals surface area contributed by atoms with Gasteiger partial charge in [-0.15, -0.1) is 0 Å². The van der Waals surface area contributed by atoms with Gasteiger partial charge in [-0.25, -0.2) is 4.99 Å². The predicted molar refractivity (Wildman–Crippen MR) is 113 cm³/mol. The molecule has 1 atom stereocenters. The Morgan fingerprint density at radius 1 is 1.25 bits per heavy atom. The highest BCUT2D eigenvalue weighted by molar-refractivity contribution is 6.30. The second-order valence-electron chi connectivity index (χ2n) is 6.57. The van der Waals surface area contributed by atoms with Crippen molar-refractivity contribution in [3.63, 3.8) is 0 Å². The largest absolute Gasteiger partial charge is 0.383 e. The maximum atomic E-state index is 12.3. The van der Waals surface area contributed by atoms with Crippen LogP contribution >= 0.6 is 11.6 Å². The summed E-state index contributed by atoms with van der Waals surface area (Å²) in [6.45, 7) is 4.10. The number of carbonyl (C=O) groups excluding carboxylic acids is 1. The van der Waals surface area contributed by atoms with Gasteiger partial charge in [-0.2, -0.15) is 0 Å². The maximum absolute atomic E-state index is 12.3. The molecule has 0 spiro atoms. The first kappa shape index (κ1) is 19.6. The quantitative estimate of drug-likeness (QED) is 0.677. The molecule has 2 heterocycles. The van der Waals surface area contributed by atoms with Gasteiger partial charge in [-0.05, 0) is 43.2 Å². The number of nitrogens with zero attached hydrogens (tertiary/aromatic N) is 2. The minimum absolute atomic E-state index is 0.0631. The predicted octanol–water partition coefficient (Wildman–Crippen LogP) is 4.40. The van der Waals surface area contributed by atoms with Gasteiger partial charge in [0.25, 0.3) is 5.91 Å². The monoisotopic (exact) mass is 395 g/mol. The number of amides is 1. The van der Waals surface area contributed by atoms with Crippen LogP contribution in [-0.2, 0) is 0 Å². The lowest BCUT2D eigenvalue weighted by Gasteiger charge is -2.14. The number of hydrogen-bond donors (Lipinski definition) is 3. The van der Waals surface area contributed by atoms with Gasteiger partial charge in [0.15, 0.2) is 0 Å². The zero-order chi connectivity index (χ0) is 19.9. The van der Waals surface area contributed by atoms with E-state index in [0.717, 1.165) is 17.8 Å². The molecule has 0 radical (unpaired) electrons. The van der Waals surface area contributed by atoms with Gasteiger partial charge >= 0.3 is 0 Å². The molecule has 0 fully saturated rings. The summed E-state index contributed by atoms with van der Waals surface area (Å²) in [4.78, 5) is 20.6. The first-order valence-corrected chi connectivity index (χ1v) is 9.31. The lowest BCUT2D eigenvalue weighted by atomic mass is 10.1. The van der Waals surface area contributed by atoms with Crippen LogP contribution in [0.4, 0.5) is 5.69 Å². The molecule has 1 aliphatic rings. The standard InChI is InChI=1S/C21H22ClN5O/c1-14-8-20(26-11-14)25-7-6-24-15(2)16-4-3-5-19(10-16)27-21(28)17-9-18(22)13-23-12-17/h3-7,9-13,15,24H,8H2,1-2H3,(H,25,26)(H,27,28). The molecule has 2 aromatic rings. The normalized spacial score (nSPS) is 14.4. The molecular formula is C21H22ClN5O. The molecule has 0 bridgehead atoms. The summed E-state index contributed by atoms with van der Waals surface area (Å²) in [5.74, 6) is 0.682. The van der Waals surface area contributed by atoms with E-state index in [9.17, 15) is 4.79 Å². The molecule has 3 rings (SSSR count). The van der Waals surface area contributed by atoms with E-state index in [1.54, 1.807) is 6.07 Å². The van der Waals surface area contributed by atoms with E-state index in [1.165, 1.54) is 18.0 Å². The summed E-state index contributed by atoms with van der Waals surface area (Å²) in [6, 6.07) is 9.34. The number of carbonyl (C=O) groups is 1. The van der Waals surface area contributed by atoms with Crippen molar-refractivity contribution in [2.45, 2.75) is 26.3 Å². The molecule has 0 saturated heterocycles. The van der Waals surface area contributed by atoms with E-state index < -0.39 is 0 Å². The minimum Gasteiger partial charge on any atom is -0.383 e. The highest BCUT2D eigenvalue weighted by Crippen LogP contribution is 2.18. The fraction of sp³-hybridized carbons (Fsp3) is 0.190. The van der Waals surface area contributed by atoms with Gasteiger partial charge in [-0.1, -0.05) is 23.7 Å². The zero-order valence-electron chi connectivity index (χ0n) is 15.7. The van der Waals surface area contributed by atoms with E-state index in [1.807, 2.05) is 49.8 Å². The smallest absolute Gasteiger partial charge is 0.257 e. The topological polar surface area (TPSA) is 78.4 Å². The minimum atomic E-state index is -0.252. The Hall–Kier alpha value is -3.12. The van der Waals surface area contributed by atoms with Crippen LogP contribution < -0.4 is 16.0 Å². The number of halogens is 1. The van der Waals surface area contributed by atoms with Crippen molar-refractivity contribution in [2.75, 3.05) is 5.32 Å². The molecule has 1 aromatic heterocycles. The lowest BCUT2D eigenvalue weighted by Crippen LogP contribution is -2.18. The Labute approximate surface area is 169 Å². The number of benzene rings is 1. The fourth-order valence-electron chi connectivity index (χ4n) is 2.68. The van der Waals surface area contributed by atoms with Gasteiger partial charge < -0.3 is 16.0 Å². The van der Waals surface area contributed by atoms with Crippen molar-refractivity contribution in [3.05, 3.63) is 83.0 Å². The molecule has 28 heavy (non-hydrogen) atoms. The number of aromatic nitrogens is 1. The van der Waals surface area contributed by atoms with E-state index in [0.29, 0.717) is 16.3 Å². The second kappa shape index (κ2) is 9.19. The van der Waals surface area contributed by atoms with Crippen molar-refractivity contribution in [2.24, 2.45) is 4.99 Å². The summed E-state index contributed by atoms with van der Waals surface area (Å²) in [6.07, 6.45) is 9.38. The average Bonchev–Trinajstić information content (AvgIpc) is 3.10. The summed E-state index contributed by atoms with van der Waals surface area (Å²) in [7, 11) is 0. The molecule has 0 saturated carbocycles. The lowest BCUT2D eigenvalue weighted by molar-refractivity contribution is 0.102. The van der Waals surface area contributed by atoms with Gasteiger partial charge in [0.2, 0.25) is 0 Å². The van der Waals surface area contributed by atoms with Crippen molar-refractivity contribution in [1.29, 1.82) is 0 Å². The number of amidine groups is 1. The van der Waals surface area contributed by atoms with Crippen LogP contribution in [0.3, 0.4) is 0 Å². The Bertz CT molecular complexity index is 951. The molecule has 1 amide bonds. The van der Waals surface area contributed by atoms with E-state index in [4.69, 9.17) is 11.6 Å². The maximum Gasteiger partial charge on any atom is 0.257 e. The van der Waals surface area contributed by atoms with Crippen LogP contribution in [0.25, 0.3) is 0 Å². The molecule has 0 aliphatic carbocycles. The number of pyridine rings is 1. The summed E-state index contributed by atoms with van der Waals surface area (Å²) in [5, 5.41) is 9.76. The molecule has 7 heteroatoms. The molecule has 1 aliphatic heterocycles. The van der Waals surface area contributed by atoms with E-state index in [2.05, 4.69) is 32.9 Å². The van der Waals surface area contributed by atoms with Crippen LogP contribution in [0.2, 0.25) is 5.02 Å². The van der Waals surface area contributed by atoms with Crippen molar-refractivity contribution >= 4 is 29.0 Å². The summed E-state index contributed by atoms with van der Waals surface area (Å²) < 4.78 is 0. The summed E-state index contributed by atoms with van der Waals surface area (Å²) >= 11 is 5.90. The van der Waals surface area contributed by atoms with Crippen LogP contribution in [0.1, 0.15) is 42.2 Å². The molecule has 6 nitrogen and oxygen atoms in total. The number of anilines is 1. The third kappa shape index (κ3) is 5.44. The highest BCUT2D eigenvalue weighted by atomic mass is 35.5. The SMILES string of the molecule is CC1=CN=C(NC=CNC(C)c2cccc(NC(=O)c3cncc(Cl)c3)c2)C1. The number of hydrogen-bond acceptors (Lipinski definition) is 5. The van der Waals surface area contributed by atoms with Crippen LogP contribution in [-0.4, -0.2) is 16.7 Å². The molecule has 1 unspecified atom stereocenters. The second-order valence-corrected chi connectivity index (χ2v) is 7.00. The number of nitrogens with one attached hydrogen (secondary N) is 3. The van der Waals surface area contributed by atoms with Gasteiger partial charge in [0.05, 0.1) is 10.6 Å². The third-order valence-electron chi connectivity index (χ3n) is 4.18. The van der Waals surface area contributed by atoms with Crippen molar-refractivity contribution < 1.29 is 4.79 Å². The van der Waals surface area contributed by atoms with Gasteiger partial charge in [0.1, 0.15) is 5.84 Å². The Kier molecular flexibility index (Phi) is 6.45. The van der Waals surface area contributed by atoms with Crippen molar-refractivity contribution in [1.82, 2.24) is 15.6 Å². The van der Waals surface area contributed by atoms with E-state index in [-0.39, 0.29) is 11.9 Å². The Balaban J connectivity index is 1.55. The van der Waals surface area contributed by atoms with Crippen LogP contribution in [0.5, 0.6) is 0 Å². The molecule has 144 valence electrons. The number of rotatable bonds is 6. The Morgan fingerprint density at radius 2 is 2.11 bits per heavy atom. The first-order chi connectivity index (χ1) is 13.5. The third-order valence-corrected chi connectivity index (χ3v) is 4.38. The summed E-state index contributed by atoms with van der Waals surface area (Å²) in [5.41, 5.74) is 3.41. The van der Waals surface area contributed by atoms with E-state index >= 15 is 0 Å². The molecular weight excluding hydrogens is 374 g/mol. The fourth-order valence-corrected chi connectivity index (χ4v) is 2.86. The van der Waals surface area contributed by atoms with Crippen molar-refractivity contribution in [3.8, 4) is 0 Å². The highest BCUT2D eigenvalue weighted by Gasteiger charge is 2.09. The van der Waals surface area contributed by atoms with Crippen LogP contribution in [0.15, 0.2) is 71.9 Å². The average molecular weight is 396 g/mol. The molecule has 1 aromatic carbocycles. The number of aliphatic imine (C=N–C) groups is 1. The van der Waals surface area contributed by atoms with Gasteiger partial charge in [-0.3, -0.25) is 9.78 Å². The zero-order valence-corrected chi connectivity index (χ0v) is 16.5. The van der Waals surface area contributed by atoms with Gasteiger partial charge in [0, 0.05) is 49.1 Å². The Morgan fingerprint density at radius 3 is 2.86 bits per heavy atom.